The number of rotatable bonds is 2. The van der Waals surface area contributed by atoms with Crippen LogP contribution in [0.2, 0.25) is 5.02 Å². The van der Waals surface area contributed by atoms with Crippen molar-refractivity contribution in [2.24, 2.45) is 5.73 Å². The number of aliphatic hydroxyl groups is 1. The van der Waals surface area contributed by atoms with Gasteiger partial charge in [-0.25, -0.2) is 0 Å². The standard InChI is InChI=1S/C11H14ClNO3/c1-6-7(12)4-9-11(16-3-2-15-9)10(6)8(13)5-14/h4,8,14H,2-3,5,13H2,1H3. The molecule has 1 unspecified atom stereocenters. The lowest BCUT2D eigenvalue weighted by molar-refractivity contribution is 0.167. The molecule has 5 heteroatoms. The molecule has 0 fully saturated rings. The number of halogens is 1. The number of hydrogen-bond acceptors (Lipinski definition) is 4. The molecule has 0 bridgehead atoms. The molecule has 1 atom stereocenters. The average molecular weight is 244 g/mol. The molecular formula is C11H14ClNO3. The van der Waals surface area contributed by atoms with E-state index in [1.54, 1.807) is 6.07 Å². The van der Waals surface area contributed by atoms with Crippen molar-refractivity contribution >= 4 is 11.6 Å². The highest BCUT2D eigenvalue weighted by Gasteiger charge is 2.23. The zero-order valence-electron chi connectivity index (χ0n) is 9.00. The van der Waals surface area contributed by atoms with Crippen LogP contribution < -0.4 is 15.2 Å². The van der Waals surface area contributed by atoms with Gasteiger partial charge >= 0.3 is 0 Å². The number of benzene rings is 1. The summed E-state index contributed by atoms with van der Waals surface area (Å²) in [6.07, 6.45) is 0. The Hall–Kier alpha value is -0.970. The zero-order chi connectivity index (χ0) is 11.7. The molecule has 1 heterocycles. The monoisotopic (exact) mass is 243 g/mol. The summed E-state index contributed by atoms with van der Waals surface area (Å²) >= 11 is 6.08. The van der Waals surface area contributed by atoms with Crippen LogP contribution in [0.4, 0.5) is 0 Å². The molecule has 0 amide bonds. The maximum atomic E-state index is 9.14. The fraction of sp³-hybridized carbons (Fsp3) is 0.455. The van der Waals surface area contributed by atoms with Gasteiger partial charge in [0.15, 0.2) is 11.5 Å². The topological polar surface area (TPSA) is 64.7 Å². The zero-order valence-corrected chi connectivity index (χ0v) is 9.75. The van der Waals surface area contributed by atoms with Gasteiger partial charge < -0.3 is 20.3 Å². The maximum absolute atomic E-state index is 9.14. The first-order valence-electron chi connectivity index (χ1n) is 5.10. The molecule has 0 radical (unpaired) electrons. The van der Waals surface area contributed by atoms with Gasteiger partial charge in [-0.3, -0.25) is 0 Å². The largest absolute Gasteiger partial charge is 0.486 e. The molecule has 2 rings (SSSR count). The van der Waals surface area contributed by atoms with Crippen molar-refractivity contribution in [2.75, 3.05) is 19.8 Å². The van der Waals surface area contributed by atoms with Crippen LogP contribution in [0.5, 0.6) is 11.5 Å². The van der Waals surface area contributed by atoms with Crippen LogP contribution in [-0.2, 0) is 0 Å². The van der Waals surface area contributed by atoms with E-state index in [1.807, 2.05) is 6.92 Å². The quantitative estimate of drug-likeness (QED) is 0.825. The molecule has 0 saturated heterocycles. The Labute approximate surface area is 98.9 Å². The van der Waals surface area contributed by atoms with Crippen LogP contribution in [0.3, 0.4) is 0 Å². The molecule has 16 heavy (non-hydrogen) atoms. The third kappa shape index (κ3) is 1.84. The average Bonchev–Trinajstić information content (AvgIpc) is 2.30. The molecule has 1 aliphatic rings. The highest BCUT2D eigenvalue weighted by atomic mass is 35.5. The molecule has 0 aromatic heterocycles. The van der Waals surface area contributed by atoms with Gasteiger partial charge in [-0.2, -0.15) is 0 Å². The predicted octanol–water partition coefficient (Wildman–Crippen LogP) is 1.41. The van der Waals surface area contributed by atoms with Crippen molar-refractivity contribution in [1.82, 2.24) is 0 Å². The van der Waals surface area contributed by atoms with Gasteiger partial charge in [-0.05, 0) is 12.5 Å². The summed E-state index contributed by atoms with van der Waals surface area (Å²) in [4.78, 5) is 0. The van der Waals surface area contributed by atoms with Gasteiger partial charge in [-0.1, -0.05) is 11.6 Å². The number of fused-ring (bicyclic) bond motifs is 1. The fourth-order valence-electron chi connectivity index (χ4n) is 1.81. The minimum absolute atomic E-state index is 0.156. The van der Waals surface area contributed by atoms with Gasteiger partial charge in [0, 0.05) is 16.7 Å². The van der Waals surface area contributed by atoms with Crippen molar-refractivity contribution in [1.29, 1.82) is 0 Å². The van der Waals surface area contributed by atoms with E-state index in [4.69, 9.17) is 31.9 Å². The fourth-order valence-corrected chi connectivity index (χ4v) is 2.01. The number of aliphatic hydroxyl groups excluding tert-OH is 1. The minimum atomic E-state index is -0.505. The molecule has 0 aliphatic carbocycles. The van der Waals surface area contributed by atoms with Crippen LogP contribution in [-0.4, -0.2) is 24.9 Å². The second-order valence-corrected chi connectivity index (χ2v) is 4.12. The Balaban J connectivity index is 2.59. The van der Waals surface area contributed by atoms with E-state index in [0.29, 0.717) is 29.7 Å². The Bertz CT molecular complexity index is 409. The van der Waals surface area contributed by atoms with Crippen LogP contribution in [0.1, 0.15) is 17.2 Å². The summed E-state index contributed by atoms with van der Waals surface area (Å²) in [6, 6.07) is 1.22. The van der Waals surface area contributed by atoms with Crippen LogP contribution in [0, 0.1) is 6.92 Å². The molecule has 1 aromatic rings. The maximum Gasteiger partial charge on any atom is 0.166 e. The van der Waals surface area contributed by atoms with Crippen molar-refractivity contribution in [3.8, 4) is 11.5 Å². The number of ether oxygens (including phenoxy) is 2. The van der Waals surface area contributed by atoms with Crippen LogP contribution in [0.15, 0.2) is 6.07 Å². The van der Waals surface area contributed by atoms with Gasteiger partial charge in [0.05, 0.1) is 12.6 Å². The minimum Gasteiger partial charge on any atom is -0.486 e. The Kier molecular flexibility index (Phi) is 3.23. The molecule has 4 nitrogen and oxygen atoms in total. The molecule has 88 valence electrons. The number of nitrogens with two attached hydrogens (primary N) is 1. The molecular weight excluding hydrogens is 230 g/mol. The summed E-state index contributed by atoms with van der Waals surface area (Å²) in [7, 11) is 0. The van der Waals surface area contributed by atoms with Gasteiger partial charge in [0.1, 0.15) is 13.2 Å². The lowest BCUT2D eigenvalue weighted by Gasteiger charge is -2.25. The van der Waals surface area contributed by atoms with E-state index >= 15 is 0 Å². The third-order valence-electron chi connectivity index (χ3n) is 2.64. The Morgan fingerprint density at radius 2 is 2.19 bits per heavy atom. The summed E-state index contributed by atoms with van der Waals surface area (Å²) in [5.41, 5.74) is 7.40. The van der Waals surface area contributed by atoms with Gasteiger partial charge in [0.25, 0.3) is 0 Å². The van der Waals surface area contributed by atoms with Crippen molar-refractivity contribution < 1.29 is 14.6 Å². The van der Waals surface area contributed by atoms with Crippen molar-refractivity contribution in [3.63, 3.8) is 0 Å². The summed E-state index contributed by atoms with van der Waals surface area (Å²) < 4.78 is 11.0. The molecule has 1 aliphatic heterocycles. The molecule has 1 aromatic carbocycles. The SMILES string of the molecule is Cc1c(Cl)cc2c(c1C(N)CO)OCCO2. The Morgan fingerprint density at radius 1 is 1.50 bits per heavy atom. The van der Waals surface area contributed by atoms with E-state index < -0.39 is 6.04 Å². The van der Waals surface area contributed by atoms with E-state index in [-0.39, 0.29) is 6.61 Å². The first-order chi connectivity index (χ1) is 7.65. The molecule has 0 spiro atoms. The first-order valence-corrected chi connectivity index (χ1v) is 5.48. The van der Waals surface area contributed by atoms with Crippen LogP contribution in [0.25, 0.3) is 0 Å². The smallest absolute Gasteiger partial charge is 0.166 e. The second-order valence-electron chi connectivity index (χ2n) is 3.71. The first kappa shape index (κ1) is 11.5. The lowest BCUT2D eigenvalue weighted by Crippen LogP contribution is -2.22. The second kappa shape index (κ2) is 4.49. The third-order valence-corrected chi connectivity index (χ3v) is 3.04. The van der Waals surface area contributed by atoms with E-state index in [1.165, 1.54) is 0 Å². The van der Waals surface area contributed by atoms with Gasteiger partial charge in [-0.15, -0.1) is 0 Å². The summed E-state index contributed by atoms with van der Waals surface area (Å²) in [5, 5.41) is 9.71. The molecule has 3 N–H and O–H groups in total. The van der Waals surface area contributed by atoms with Gasteiger partial charge in [0.2, 0.25) is 0 Å². The Morgan fingerprint density at radius 3 is 2.88 bits per heavy atom. The van der Waals surface area contributed by atoms with Crippen molar-refractivity contribution in [3.05, 3.63) is 22.2 Å². The van der Waals surface area contributed by atoms with Crippen molar-refractivity contribution in [2.45, 2.75) is 13.0 Å². The summed E-state index contributed by atoms with van der Waals surface area (Å²) in [5.74, 6) is 1.20. The molecule has 0 saturated carbocycles. The lowest BCUT2D eigenvalue weighted by atomic mass is 10.00. The predicted molar refractivity (Wildman–Crippen MR) is 61.2 cm³/mol. The normalized spacial score (nSPS) is 16.0. The number of hydrogen-bond donors (Lipinski definition) is 2. The highest BCUT2D eigenvalue weighted by Crippen LogP contribution is 2.41. The van der Waals surface area contributed by atoms with E-state index in [0.717, 1.165) is 11.1 Å². The van der Waals surface area contributed by atoms with E-state index in [2.05, 4.69) is 0 Å². The highest BCUT2D eigenvalue weighted by molar-refractivity contribution is 6.31. The van der Waals surface area contributed by atoms with Crippen LogP contribution >= 0.6 is 11.6 Å². The summed E-state index contributed by atoms with van der Waals surface area (Å²) in [6.45, 7) is 2.68. The van der Waals surface area contributed by atoms with E-state index in [9.17, 15) is 0 Å².